The Labute approximate surface area is 319 Å². The quantitative estimate of drug-likeness (QED) is 0.164. The number of benzene rings is 7. The van der Waals surface area contributed by atoms with Crippen LogP contribution in [0.4, 0.5) is 17.1 Å². The van der Waals surface area contributed by atoms with Gasteiger partial charge in [0.05, 0.1) is 0 Å². The van der Waals surface area contributed by atoms with Gasteiger partial charge in [-0.2, -0.15) is 0 Å². The summed E-state index contributed by atoms with van der Waals surface area (Å²) in [7, 11) is 0. The first-order chi connectivity index (χ1) is 26.1. The third-order valence-electron chi connectivity index (χ3n) is 13.3. The van der Waals surface area contributed by atoms with Gasteiger partial charge in [-0.1, -0.05) is 0 Å². The van der Waals surface area contributed by atoms with Crippen molar-refractivity contribution in [3.8, 4) is 45.3 Å². The summed E-state index contributed by atoms with van der Waals surface area (Å²) in [6, 6.07) is 48.2. The van der Waals surface area contributed by atoms with Gasteiger partial charge in [-0.25, -0.2) is 0 Å². The third kappa shape index (κ3) is 3.47. The summed E-state index contributed by atoms with van der Waals surface area (Å²) in [4.78, 5) is 2.56. The van der Waals surface area contributed by atoms with E-state index in [9.17, 15) is 0 Å². The summed E-state index contributed by atoms with van der Waals surface area (Å²) in [5.41, 5.74) is 15.9. The van der Waals surface area contributed by atoms with Crippen LogP contribution in [0.3, 0.4) is 0 Å². The maximum absolute atomic E-state index is 7.51. The van der Waals surface area contributed by atoms with Crippen LogP contribution in [0.1, 0.15) is 61.1 Å². The topological polar surface area (TPSA) is 21.7 Å². The van der Waals surface area contributed by atoms with Crippen molar-refractivity contribution < 1.29 is 9.47 Å². The molecule has 12 rings (SSSR count). The Morgan fingerprint density at radius 3 is 1.48 bits per heavy atom. The molecule has 0 atom stereocenters. The van der Waals surface area contributed by atoms with Crippen molar-refractivity contribution in [1.29, 1.82) is 0 Å². The van der Waals surface area contributed by atoms with Crippen LogP contribution in [-0.4, -0.2) is 13.3 Å². The molecule has 0 bridgehead atoms. The number of hydrogen-bond acceptors (Lipinski definition) is 3. The molecule has 0 spiro atoms. The molecule has 0 aromatic heterocycles. The molecule has 7 aromatic carbocycles. The van der Waals surface area contributed by atoms with Gasteiger partial charge >= 0.3 is 321 Å². The van der Waals surface area contributed by atoms with Crippen molar-refractivity contribution in [2.45, 2.75) is 52.4 Å². The molecule has 0 N–H and O–H groups in total. The number of anilines is 3. The van der Waals surface area contributed by atoms with Crippen LogP contribution < -0.4 is 32.0 Å². The van der Waals surface area contributed by atoms with E-state index in [2.05, 4.69) is 174 Å². The Balaban J connectivity index is 1.35. The Bertz CT molecular complexity index is 2700. The van der Waals surface area contributed by atoms with E-state index in [0.29, 0.717) is 0 Å². The number of rotatable bonds is 2. The fourth-order valence-corrected chi connectivity index (χ4v) is 22.6. The zero-order valence-electron chi connectivity index (χ0n) is 31.4. The molecule has 7 aromatic rings. The van der Waals surface area contributed by atoms with Gasteiger partial charge in [0.15, 0.2) is 0 Å². The number of ether oxygens (including phenoxy) is 2. The standard InChI is InChI=1S/C50H39GeNO2/c1-28-20-22-31(23-21-28)52-38-26-34-32-16-10-12-18-36(32)49(3,4)42(34)47-44(38)51(30-14-8-7-9-15-30)45-39(52)27-35-33-17-11-13-19-37(33)50(5,6)43(35)48(45)54-41-25-29(2)24-40(53-47)46(41)51/h7-27H,1-6H3. The first-order valence-electron chi connectivity index (χ1n) is 19.2. The van der Waals surface area contributed by atoms with Gasteiger partial charge in [0.25, 0.3) is 0 Å². The molecule has 4 heteroatoms. The van der Waals surface area contributed by atoms with E-state index in [4.69, 9.17) is 9.47 Å². The SMILES string of the molecule is Cc1ccc(N2c3cc4c(c5[c]3[Ge]3([c]6ccccc6)[c]6c(cc(C)cc6Oc6c7c(cc2[c]63)-c2ccccc2C7(C)C)O5)C(C)(C)c2ccccc2-4)cc1. The summed E-state index contributed by atoms with van der Waals surface area (Å²) >= 11 is -4.00. The van der Waals surface area contributed by atoms with E-state index in [0.717, 1.165) is 34.2 Å². The molecule has 3 nitrogen and oxygen atoms in total. The number of nitrogens with zero attached hydrogens (tertiary/aromatic N) is 1. The van der Waals surface area contributed by atoms with Crippen LogP contribution in [0.2, 0.25) is 0 Å². The van der Waals surface area contributed by atoms with Crippen molar-refractivity contribution in [3.05, 3.63) is 161 Å². The minimum absolute atomic E-state index is 0.259. The summed E-state index contributed by atoms with van der Waals surface area (Å²) in [5, 5.41) is 0. The van der Waals surface area contributed by atoms with Crippen LogP contribution in [0.15, 0.2) is 127 Å². The Hall–Kier alpha value is -5.52. The Morgan fingerprint density at radius 1 is 0.481 bits per heavy atom. The van der Waals surface area contributed by atoms with Gasteiger partial charge in [0, 0.05) is 0 Å². The summed E-state index contributed by atoms with van der Waals surface area (Å²) in [6.45, 7) is 13.9. The molecule has 0 saturated carbocycles. The van der Waals surface area contributed by atoms with Crippen LogP contribution >= 0.6 is 0 Å². The van der Waals surface area contributed by atoms with Crippen LogP contribution in [-0.2, 0) is 10.8 Å². The minimum atomic E-state index is -4.00. The van der Waals surface area contributed by atoms with E-state index < -0.39 is 13.3 Å². The third-order valence-corrected chi connectivity index (χ3v) is 23.6. The second kappa shape index (κ2) is 9.96. The number of aryl methyl sites for hydroxylation is 2. The molecule has 54 heavy (non-hydrogen) atoms. The van der Waals surface area contributed by atoms with Crippen LogP contribution in [0.25, 0.3) is 22.3 Å². The van der Waals surface area contributed by atoms with E-state index in [1.807, 2.05) is 0 Å². The Morgan fingerprint density at radius 2 is 0.963 bits per heavy atom. The molecular weight excluding hydrogens is 719 g/mol. The molecule has 2 aliphatic carbocycles. The molecule has 0 unspecified atom stereocenters. The zero-order valence-corrected chi connectivity index (χ0v) is 33.5. The normalized spacial score (nSPS) is 17.0. The number of hydrogen-bond donors (Lipinski definition) is 0. The van der Waals surface area contributed by atoms with Gasteiger partial charge in [-0.05, 0) is 0 Å². The summed E-state index contributed by atoms with van der Waals surface area (Å²) in [5.74, 6) is 4.01. The zero-order chi connectivity index (χ0) is 36.5. The van der Waals surface area contributed by atoms with Crippen molar-refractivity contribution >= 4 is 47.9 Å². The number of fused-ring (bicyclic) bond motifs is 8. The molecule has 0 fully saturated rings. The van der Waals surface area contributed by atoms with Crippen molar-refractivity contribution in [2.75, 3.05) is 4.90 Å². The predicted octanol–water partition coefficient (Wildman–Crippen LogP) is 10.3. The van der Waals surface area contributed by atoms with Gasteiger partial charge in [-0.3, -0.25) is 0 Å². The molecular formula is C50H39GeNO2. The molecule has 0 amide bonds. The summed E-state index contributed by atoms with van der Waals surface area (Å²) in [6.07, 6.45) is 0. The van der Waals surface area contributed by atoms with Crippen molar-refractivity contribution in [2.24, 2.45) is 0 Å². The maximum atomic E-state index is 7.51. The van der Waals surface area contributed by atoms with Crippen molar-refractivity contribution in [1.82, 2.24) is 0 Å². The van der Waals surface area contributed by atoms with Gasteiger partial charge in [0.1, 0.15) is 0 Å². The average molecular weight is 758 g/mol. The molecule has 5 aliphatic rings. The molecule has 3 heterocycles. The van der Waals surface area contributed by atoms with Crippen LogP contribution in [0.5, 0.6) is 23.0 Å². The van der Waals surface area contributed by atoms with Gasteiger partial charge in [-0.15, -0.1) is 0 Å². The second-order valence-electron chi connectivity index (χ2n) is 17.0. The summed E-state index contributed by atoms with van der Waals surface area (Å²) < 4.78 is 20.5. The molecule has 0 radical (unpaired) electrons. The van der Waals surface area contributed by atoms with E-state index in [1.54, 1.807) is 0 Å². The molecule has 260 valence electrons. The molecule has 3 aliphatic heterocycles. The Kier molecular flexibility index (Phi) is 5.70. The van der Waals surface area contributed by atoms with E-state index in [1.165, 1.54) is 79.0 Å². The first kappa shape index (κ1) is 30.9. The fraction of sp³-hybridized carbons (Fsp3) is 0.160. The fourth-order valence-electron chi connectivity index (χ4n) is 11.1. The average Bonchev–Trinajstić information content (AvgIpc) is 3.55. The van der Waals surface area contributed by atoms with E-state index >= 15 is 0 Å². The van der Waals surface area contributed by atoms with Gasteiger partial charge < -0.3 is 0 Å². The van der Waals surface area contributed by atoms with Crippen LogP contribution in [0, 0.1) is 13.8 Å². The van der Waals surface area contributed by atoms with Crippen molar-refractivity contribution in [3.63, 3.8) is 0 Å². The first-order valence-corrected chi connectivity index (χ1v) is 23.4. The van der Waals surface area contributed by atoms with E-state index in [-0.39, 0.29) is 10.8 Å². The van der Waals surface area contributed by atoms with Gasteiger partial charge in [0.2, 0.25) is 0 Å². The molecule has 0 saturated heterocycles. The monoisotopic (exact) mass is 759 g/mol. The second-order valence-corrected chi connectivity index (χ2v) is 24.5. The predicted molar refractivity (Wildman–Crippen MR) is 223 cm³/mol.